The third-order valence-electron chi connectivity index (χ3n) is 2.88. The van der Waals surface area contributed by atoms with E-state index >= 15 is 0 Å². The van der Waals surface area contributed by atoms with E-state index in [1.165, 1.54) is 19.2 Å². The summed E-state index contributed by atoms with van der Waals surface area (Å²) in [5.41, 5.74) is 0.844. The molecular weight excluding hydrogens is 358 g/mol. The Morgan fingerprint density at radius 2 is 2.14 bits per heavy atom. The van der Waals surface area contributed by atoms with Crippen LogP contribution in [0.1, 0.15) is 5.69 Å². The Bertz CT molecular complexity index is 728. The van der Waals surface area contributed by atoms with Crippen molar-refractivity contribution in [1.82, 2.24) is 14.5 Å². The van der Waals surface area contributed by atoms with E-state index in [0.717, 1.165) is 5.69 Å². The van der Waals surface area contributed by atoms with Gasteiger partial charge in [0.05, 0.1) is 22.2 Å². The first-order valence-electron chi connectivity index (χ1n) is 6.24. The van der Waals surface area contributed by atoms with E-state index in [0.29, 0.717) is 23.2 Å². The predicted octanol–water partition coefficient (Wildman–Crippen LogP) is 1.71. The number of hydrogen-bond donors (Lipinski definition) is 1. The Balaban J connectivity index is 2.02. The van der Waals surface area contributed by atoms with Gasteiger partial charge in [-0.25, -0.2) is 13.1 Å². The number of nitrogens with one attached hydrogen (secondary N) is 1. The molecule has 2 aromatic rings. The second-order valence-corrected chi connectivity index (χ2v) is 7.05. The van der Waals surface area contributed by atoms with Crippen LogP contribution in [-0.4, -0.2) is 31.9 Å². The van der Waals surface area contributed by atoms with Crippen LogP contribution in [0.5, 0.6) is 5.75 Å². The normalized spacial score (nSPS) is 11.6. The Hall–Kier alpha value is -1.38. The van der Waals surface area contributed by atoms with Crippen LogP contribution < -0.4 is 9.46 Å². The zero-order valence-electron chi connectivity index (χ0n) is 11.7. The molecule has 0 saturated heterocycles. The third kappa shape index (κ3) is 4.05. The van der Waals surface area contributed by atoms with E-state index < -0.39 is 10.0 Å². The lowest BCUT2D eigenvalue weighted by molar-refractivity contribution is 0.411. The summed E-state index contributed by atoms with van der Waals surface area (Å²) in [6.45, 7) is 0.295. The average molecular weight is 374 g/mol. The highest BCUT2D eigenvalue weighted by Gasteiger charge is 2.15. The minimum absolute atomic E-state index is 0.191. The van der Waals surface area contributed by atoms with Gasteiger partial charge in [0.15, 0.2) is 0 Å². The van der Waals surface area contributed by atoms with Gasteiger partial charge in [0.25, 0.3) is 0 Å². The summed E-state index contributed by atoms with van der Waals surface area (Å²) in [5, 5.41) is 4.20. The molecule has 0 radical (unpaired) electrons. The number of methoxy groups -OCH3 is 1. The van der Waals surface area contributed by atoms with Gasteiger partial charge in [-0.3, -0.25) is 4.68 Å². The molecule has 2 rings (SSSR count). The number of hydrogen-bond acceptors (Lipinski definition) is 4. The highest BCUT2D eigenvalue weighted by molar-refractivity contribution is 9.10. The van der Waals surface area contributed by atoms with Crippen LogP contribution in [0.25, 0.3) is 0 Å². The highest BCUT2D eigenvalue weighted by Crippen LogP contribution is 2.27. The van der Waals surface area contributed by atoms with E-state index in [1.54, 1.807) is 10.7 Å². The number of ether oxygens (including phenoxy) is 1. The molecule has 0 fully saturated rings. The summed E-state index contributed by atoms with van der Waals surface area (Å²) < 4.78 is 34.3. The summed E-state index contributed by atoms with van der Waals surface area (Å²) in [6, 6.07) is 6.49. The van der Waals surface area contributed by atoms with Crippen molar-refractivity contribution in [3.63, 3.8) is 0 Å². The number of aryl methyl sites for hydroxylation is 1. The van der Waals surface area contributed by atoms with E-state index in [1.807, 2.05) is 19.3 Å². The second kappa shape index (κ2) is 6.59. The zero-order chi connectivity index (χ0) is 15.5. The van der Waals surface area contributed by atoms with Gasteiger partial charge in [-0.15, -0.1) is 0 Å². The standard InChI is InChI=1S/C13H16BrN3O3S/c1-17-8-6-10(16-17)5-7-15-21(18,19)11-3-4-13(20-2)12(14)9-11/h3-4,6,8-9,15H,5,7H2,1-2H3. The number of aromatic nitrogens is 2. The molecule has 0 aliphatic heterocycles. The van der Waals surface area contributed by atoms with Crippen LogP contribution in [0.2, 0.25) is 0 Å². The monoisotopic (exact) mass is 373 g/mol. The van der Waals surface area contributed by atoms with Crippen molar-refractivity contribution in [3.8, 4) is 5.75 Å². The van der Waals surface area contributed by atoms with Gasteiger partial charge in [-0.2, -0.15) is 5.10 Å². The summed E-state index contributed by atoms with van der Waals surface area (Å²) in [7, 11) is -0.192. The van der Waals surface area contributed by atoms with Gasteiger partial charge in [-0.05, 0) is 40.2 Å². The first-order valence-corrected chi connectivity index (χ1v) is 8.52. The molecule has 0 aliphatic carbocycles. The number of rotatable bonds is 6. The average Bonchev–Trinajstić information content (AvgIpc) is 2.84. The van der Waals surface area contributed by atoms with Gasteiger partial charge in [0, 0.05) is 26.2 Å². The molecule has 0 spiro atoms. The van der Waals surface area contributed by atoms with Crippen LogP contribution in [0.4, 0.5) is 0 Å². The molecule has 8 heteroatoms. The van der Waals surface area contributed by atoms with E-state index in [-0.39, 0.29) is 4.90 Å². The molecule has 21 heavy (non-hydrogen) atoms. The maximum atomic E-state index is 12.2. The van der Waals surface area contributed by atoms with Gasteiger partial charge < -0.3 is 4.74 Å². The first-order chi connectivity index (χ1) is 9.92. The lowest BCUT2D eigenvalue weighted by Gasteiger charge is -2.08. The molecule has 0 atom stereocenters. The fourth-order valence-electron chi connectivity index (χ4n) is 1.81. The molecule has 0 amide bonds. The number of nitrogens with zero attached hydrogens (tertiary/aromatic N) is 2. The largest absolute Gasteiger partial charge is 0.496 e. The number of sulfonamides is 1. The molecule has 6 nitrogen and oxygen atoms in total. The van der Waals surface area contributed by atoms with Gasteiger partial charge in [0.1, 0.15) is 5.75 Å². The predicted molar refractivity (Wildman–Crippen MR) is 82.8 cm³/mol. The van der Waals surface area contributed by atoms with Gasteiger partial charge in [0.2, 0.25) is 10.0 Å². The highest BCUT2D eigenvalue weighted by atomic mass is 79.9. The summed E-state index contributed by atoms with van der Waals surface area (Å²) in [5.74, 6) is 0.586. The van der Waals surface area contributed by atoms with E-state index in [2.05, 4.69) is 25.8 Å². The van der Waals surface area contributed by atoms with Crippen molar-refractivity contribution >= 4 is 26.0 Å². The van der Waals surface area contributed by atoms with Gasteiger partial charge in [-0.1, -0.05) is 0 Å². The van der Waals surface area contributed by atoms with Crippen molar-refractivity contribution in [2.75, 3.05) is 13.7 Å². The van der Waals surface area contributed by atoms with Crippen LogP contribution in [0.15, 0.2) is 39.8 Å². The zero-order valence-corrected chi connectivity index (χ0v) is 14.1. The first kappa shape index (κ1) is 16.0. The Labute approximate surface area is 132 Å². The van der Waals surface area contributed by atoms with Crippen LogP contribution in [0, 0.1) is 0 Å². The van der Waals surface area contributed by atoms with Crippen molar-refractivity contribution in [2.24, 2.45) is 7.05 Å². The molecule has 0 saturated carbocycles. The molecule has 114 valence electrons. The molecular formula is C13H16BrN3O3S. The maximum Gasteiger partial charge on any atom is 0.240 e. The molecule has 1 heterocycles. The summed E-state index contributed by atoms with van der Waals surface area (Å²) in [4.78, 5) is 0.191. The molecule has 0 unspecified atom stereocenters. The lowest BCUT2D eigenvalue weighted by Crippen LogP contribution is -2.26. The van der Waals surface area contributed by atoms with Crippen molar-refractivity contribution in [1.29, 1.82) is 0 Å². The van der Waals surface area contributed by atoms with Crippen LogP contribution in [-0.2, 0) is 23.5 Å². The molecule has 1 N–H and O–H groups in total. The van der Waals surface area contributed by atoms with E-state index in [4.69, 9.17) is 4.74 Å². The fraction of sp³-hybridized carbons (Fsp3) is 0.308. The lowest BCUT2D eigenvalue weighted by atomic mass is 10.3. The Morgan fingerprint density at radius 3 is 2.71 bits per heavy atom. The fourth-order valence-corrected chi connectivity index (χ4v) is 3.56. The topological polar surface area (TPSA) is 73.2 Å². The minimum Gasteiger partial charge on any atom is -0.496 e. The Morgan fingerprint density at radius 1 is 1.38 bits per heavy atom. The molecule has 0 aliphatic rings. The molecule has 1 aromatic heterocycles. The summed E-state index contributed by atoms with van der Waals surface area (Å²) in [6.07, 6.45) is 2.36. The van der Waals surface area contributed by atoms with Crippen molar-refractivity contribution in [3.05, 3.63) is 40.6 Å². The van der Waals surface area contributed by atoms with Crippen molar-refractivity contribution < 1.29 is 13.2 Å². The van der Waals surface area contributed by atoms with Crippen LogP contribution >= 0.6 is 15.9 Å². The SMILES string of the molecule is COc1ccc(S(=O)(=O)NCCc2ccn(C)n2)cc1Br. The summed E-state index contributed by atoms with van der Waals surface area (Å²) >= 11 is 3.28. The minimum atomic E-state index is -3.54. The number of halogens is 1. The third-order valence-corrected chi connectivity index (χ3v) is 4.95. The molecule has 0 bridgehead atoms. The van der Waals surface area contributed by atoms with E-state index in [9.17, 15) is 8.42 Å². The quantitative estimate of drug-likeness (QED) is 0.836. The van der Waals surface area contributed by atoms with Crippen molar-refractivity contribution in [2.45, 2.75) is 11.3 Å². The Kier molecular flexibility index (Phi) is 5.02. The maximum absolute atomic E-state index is 12.2. The smallest absolute Gasteiger partial charge is 0.240 e. The molecule has 1 aromatic carbocycles. The van der Waals surface area contributed by atoms with Gasteiger partial charge >= 0.3 is 0 Å². The number of benzene rings is 1. The van der Waals surface area contributed by atoms with Crippen LogP contribution in [0.3, 0.4) is 0 Å². The second-order valence-electron chi connectivity index (χ2n) is 4.42.